The van der Waals surface area contributed by atoms with Gasteiger partial charge in [-0.05, 0) is 41.0 Å². The Morgan fingerprint density at radius 2 is 1.24 bits per heavy atom. The molecule has 0 fully saturated rings. The minimum Gasteiger partial charge on any atom is -0.494 e. The number of aromatic nitrogens is 2. The van der Waals surface area contributed by atoms with Crippen LogP contribution in [-0.2, 0) is 17.4 Å². The van der Waals surface area contributed by atoms with Gasteiger partial charge in [0.25, 0.3) is 0 Å². The van der Waals surface area contributed by atoms with Crippen LogP contribution in [0.1, 0.15) is 23.6 Å². The lowest BCUT2D eigenvalue weighted by atomic mass is 9.76. The van der Waals surface area contributed by atoms with E-state index in [4.69, 9.17) is 9.47 Å². The Bertz CT molecular complexity index is 1890. The lowest BCUT2D eigenvalue weighted by Gasteiger charge is -2.37. The van der Waals surface area contributed by atoms with Gasteiger partial charge in [0.15, 0.2) is 5.75 Å². The van der Waals surface area contributed by atoms with E-state index in [9.17, 15) is 9.59 Å². The lowest BCUT2D eigenvalue weighted by molar-refractivity contribution is -0.138. The molecule has 0 saturated heterocycles. The van der Waals surface area contributed by atoms with Crippen LogP contribution in [0.3, 0.4) is 0 Å². The first-order chi connectivity index (χ1) is 22.0. The minimum atomic E-state index is -0.719. The number of carbonyl (C=O) groups excluding carboxylic acids is 1. The van der Waals surface area contributed by atoms with Crippen LogP contribution in [0.4, 0.5) is 0 Å². The standard InChI is InChI=1S/C38H35N3O4/c1-27(26-39-38(28-16-7-4-8-17-28,29-18-9-5-10-19-29)30-20-11-6-12-21-30)36(42)45-33-24-14-13-22-31(33)41-35-32(40(2)37(41)43)23-15-25-34(35)44-3/h4-25,27,39H,26H2,1-3H3/t27-/m0/s1. The summed E-state index contributed by atoms with van der Waals surface area (Å²) in [5.74, 6) is -0.121. The first-order valence-corrected chi connectivity index (χ1v) is 14.9. The Morgan fingerprint density at radius 3 is 1.80 bits per heavy atom. The zero-order chi connectivity index (χ0) is 31.4. The SMILES string of the molecule is COc1cccc2c1n(-c1ccccc1OC(=O)[C@@H](C)CNC(c1ccccc1)(c1ccccc1)c1ccccc1)c(=O)n2C. The van der Waals surface area contributed by atoms with Gasteiger partial charge in [0.2, 0.25) is 0 Å². The average Bonchev–Trinajstić information content (AvgIpc) is 3.35. The summed E-state index contributed by atoms with van der Waals surface area (Å²) in [7, 11) is 3.28. The maximum atomic E-state index is 13.7. The van der Waals surface area contributed by atoms with Crippen molar-refractivity contribution in [2.75, 3.05) is 13.7 Å². The van der Waals surface area contributed by atoms with Crippen LogP contribution in [0.25, 0.3) is 16.7 Å². The van der Waals surface area contributed by atoms with Crippen molar-refractivity contribution in [3.05, 3.63) is 161 Å². The zero-order valence-electron chi connectivity index (χ0n) is 25.5. The fourth-order valence-corrected chi connectivity index (χ4v) is 5.94. The van der Waals surface area contributed by atoms with Gasteiger partial charge < -0.3 is 9.47 Å². The van der Waals surface area contributed by atoms with Gasteiger partial charge in [-0.1, -0.05) is 116 Å². The maximum Gasteiger partial charge on any atom is 0.333 e. The minimum absolute atomic E-state index is 0.272. The molecule has 1 atom stereocenters. The number of aryl methyl sites for hydroxylation is 1. The molecule has 0 unspecified atom stereocenters. The second kappa shape index (κ2) is 12.7. The van der Waals surface area contributed by atoms with Gasteiger partial charge in [0.1, 0.15) is 11.3 Å². The molecule has 5 aromatic carbocycles. The highest BCUT2D eigenvalue weighted by Crippen LogP contribution is 2.37. The van der Waals surface area contributed by atoms with Crippen molar-refractivity contribution in [3.63, 3.8) is 0 Å². The fraction of sp³-hybridized carbons (Fsp3) is 0.158. The molecule has 1 aromatic heterocycles. The van der Waals surface area contributed by atoms with Crippen LogP contribution in [0.15, 0.2) is 138 Å². The van der Waals surface area contributed by atoms with E-state index >= 15 is 0 Å². The molecule has 6 rings (SSSR count). The number of carbonyl (C=O) groups is 1. The van der Waals surface area contributed by atoms with E-state index < -0.39 is 17.4 Å². The molecule has 6 aromatic rings. The molecule has 0 aliphatic carbocycles. The smallest absolute Gasteiger partial charge is 0.333 e. The van der Waals surface area contributed by atoms with Crippen molar-refractivity contribution in [3.8, 4) is 17.2 Å². The van der Waals surface area contributed by atoms with Crippen molar-refractivity contribution >= 4 is 17.0 Å². The number of esters is 1. The number of methoxy groups -OCH3 is 1. The Balaban J connectivity index is 1.34. The first kappa shape index (κ1) is 29.7. The lowest BCUT2D eigenvalue weighted by Crippen LogP contribution is -2.47. The van der Waals surface area contributed by atoms with Crippen LogP contribution in [0.5, 0.6) is 11.5 Å². The highest BCUT2D eigenvalue weighted by molar-refractivity contribution is 5.85. The van der Waals surface area contributed by atoms with E-state index in [0.29, 0.717) is 29.0 Å². The number of para-hydroxylation sites is 3. The summed E-state index contributed by atoms with van der Waals surface area (Å²) in [6, 6.07) is 43.3. The number of imidazole rings is 1. The summed E-state index contributed by atoms with van der Waals surface area (Å²) >= 11 is 0. The Kier molecular flexibility index (Phi) is 8.36. The van der Waals surface area contributed by atoms with Crippen LogP contribution in [0.2, 0.25) is 0 Å². The molecule has 0 aliphatic heterocycles. The molecule has 0 amide bonds. The number of nitrogens with one attached hydrogen (secondary N) is 1. The predicted molar refractivity (Wildman–Crippen MR) is 177 cm³/mol. The van der Waals surface area contributed by atoms with Gasteiger partial charge in [-0.2, -0.15) is 0 Å². The predicted octanol–water partition coefficient (Wildman–Crippen LogP) is 6.46. The van der Waals surface area contributed by atoms with E-state index in [-0.39, 0.29) is 11.4 Å². The van der Waals surface area contributed by atoms with Crippen LogP contribution < -0.4 is 20.5 Å². The number of ether oxygens (including phenoxy) is 2. The summed E-state index contributed by atoms with van der Waals surface area (Å²) in [6.45, 7) is 2.17. The van der Waals surface area contributed by atoms with Gasteiger partial charge >= 0.3 is 11.7 Å². The van der Waals surface area contributed by atoms with Crippen molar-refractivity contribution in [2.24, 2.45) is 13.0 Å². The second-order valence-corrected chi connectivity index (χ2v) is 11.0. The third-order valence-electron chi connectivity index (χ3n) is 8.27. The quantitative estimate of drug-likeness (QED) is 0.111. The van der Waals surface area contributed by atoms with E-state index in [2.05, 4.69) is 41.7 Å². The van der Waals surface area contributed by atoms with Gasteiger partial charge in [0, 0.05) is 13.6 Å². The van der Waals surface area contributed by atoms with E-state index in [1.54, 1.807) is 43.0 Å². The third kappa shape index (κ3) is 5.43. The van der Waals surface area contributed by atoms with E-state index in [0.717, 1.165) is 16.7 Å². The number of rotatable bonds is 10. The monoisotopic (exact) mass is 597 g/mol. The summed E-state index contributed by atoms with van der Waals surface area (Å²) in [4.78, 5) is 27.2. The molecular formula is C38H35N3O4. The normalized spacial score (nSPS) is 12.2. The molecule has 0 spiro atoms. The van der Waals surface area contributed by atoms with Crippen LogP contribution in [0, 0.1) is 5.92 Å². The third-order valence-corrected chi connectivity index (χ3v) is 8.27. The van der Waals surface area contributed by atoms with E-state index in [1.807, 2.05) is 79.7 Å². The molecule has 0 saturated carbocycles. The largest absolute Gasteiger partial charge is 0.494 e. The zero-order valence-corrected chi connectivity index (χ0v) is 25.5. The first-order valence-electron chi connectivity index (χ1n) is 14.9. The number of nitrogens with zero attached hydrogens (tertiary/aromatic N) is 2. The molecule has 7 heteroatoms. The molecule has 45 heavy (non-hydrogen) atoms. The van der Waals surface area contributed by atoms with Crippen LogP contribution >= 0.6 is 0 Å². The highest BCUT2D eigenvalue weighted by atomic mass is 16.5. The Morgan fingerprint density at radius 1 is 0.733 bits per heavy atom. The van der Waals surface area contributed by atoms with Crippen molar-refractivity contribution in [2.45, 2.75) is 12.5 Å². The van der Waals surface area contributed by atoms with Crippen molar-refractivity contribution in [1.82, 2.24) is 14.5 Å². The molecule has 0 radical (unpaired) electrons. The molecular weight excluding hydrogens is 562 g/mol. The number of benzene rings is 5. The van der Waals surface area contributed by atoms with Gasteiger partial charge in [-0.15, -0.1) is 0 Å². The summed E-state index contributed by atoms with van der Waals surface area (Å²) in [6.07, 6.45) is 0. The molecule has 1 heterocycles. The summed E-state index contributed by atoms with van der Waals surface area (Å²) in [5.41, 5.74) is 3.93. The van der Waals surface area contributed by atoms with Crippen LogP contribution in [-0.4, -0.2) is 28.8 Å². The second-order valence-electron chi connectivity index (χ2n) is 11.0. The number of hydrogen-bond acceptors (Lipinski definition) is 5. The molecule has 1 N–H and O–H groups in total. The van der Waals surface area contributed by atoms with E-state index in [1.165, 1.54) is 4.57 Å². The molecule has 226 valence electrons. The molecule has 0 bridgehead atoms. The van der Waals surface area contributed by atoms with Gasteiger partial charge in [-0.3, -0.25) is 19.2 Å². The van der Waals surface area contributed by atoms with Gasteiger partial charge in [-0.25, -0.2) is 4.79 Å². The molecule has 7 nitrogen and oxygen atoms in total. The fourth-order valence-electron chi connectivity index (χ4n) is 5.94. The number of hydrogen-bond donors (Lipinski definition) is 1. The van der Waals surface area contributed by atoms with Crippen molar-refractivity contribution in [1.29, 1.82) is 0 Å². The summed E-state index contributed by atoms with van der Waals surface area (Å²) < 4.78 is 14.7. The summed E-state index contributed by atoms with van der Waals surface area (Å²) in [5, 5.41) is 3.77. The van der Waals surface area contributed by atoms with Crippen molar-refractivity contribution < 1.29 is 14.3 Å². The highest BCUT2D eigenvalue weighted by Gasteiger charge is 2.37. The molecule has 0 aliphatic rings. The Hall–Kier alpha value is -5.40. The average molecular weight is 598 g/mol. The maximum absolute atomic E-state index is 13.7. The topological polar surface area (TPSA) is 74.5 Å². The van der Waals surface area contributed by atoms with Gasteiger partial charge in [0.05, 0.1) is 29.8 Å². The number of fused-ring (bicyclic) bond motifs is 1. The Labute approximate surface area is 262 Å².